The van der Waals surface area contributed by atoms with E-state index in [1.54, 1.807) is 7.11 Å². The molecule has 1 unspecified atom stereocenters. The molecule has 3 nitrogen and oxygen atoms in total. The largest absolute Gasteiger partial charge is 0.495 e. The van der Waals surface area contributed by atoms with Crippen molar-refractivity contribution in [3.8, 4) is 11.8 Å². The Morgan fingerprint density at radius 2 is 2.18 bits per heavy atom. The fourth-order valence-corrected chi connectivity index (χ4v) is 2.34. The van der Waals surface area contributed by atoms with Crippen LogP contribution in [0.4, 0.5) is 0 Å². The lowest BCUT2D eigenvalue weighted by Crippen LogP contribution is -2.22. The van der Waals surface area contributed by atoms with Crippen LogP contribution in [0.25, 0.3) is 0 Å². The second-order valence-corrected chi connectivity index (χ2v) is 5.00. The summed E-state index contributed by atoms with van der Waals surface area (Å²) >= 11 is 6.10. The second-order valence-electron chi connectivity index (χ2n) is 4.59. The number of nitrogens with two attached hydrogens (primary N) is 1. The maximum atomic E-state index is 9.16. The van der Waals surface area contributed by atoms with Gasteiger partial charge in [0.2, 0.25) is 0 Å². The first-order valence-electron chi connectivity index (χ1n) is 5.55. The maximum absolute atomic E-state index is 9.16. The molecule has 2 rings (SSSR count). The van der Waals surface area contributed by atoms with Gasteiger partial charge in [-0.2, -0.15) is 5.26 Å². The number of hydrogen-bond donors (Lipinski definition) is 1. The molecule has 90 valence electrons. The lowest BCUT2D eigenvalue weighted by atomic mass is 9.89. The molecule has 0 spiro atoms. The minimum Gasteiger partial charge on any atom is -0.495 e. The summed E-state index contributed by atoms with van der Waals surface area (Å²) in [6.45, 7) is 1.96. The van der Waals surface area contributed by atoms with E-state index in [1.165, 1.54) is 0 Å². The fourth-order valence-electron chi connectivity index (χ4n) is 2.09. The van der Waals surface area contributed by atoms with Crippen molar-refractivity contribution >= 4 is 11.6 Å². The van der Waals surface area contributed by atoms with E-state index in [1.807, 2.05) is 19.1 Å². The predicted molar refractivity (Wildman–Crippen MR) is 66.9 cm³/mol. The predicted octanol–water partition coefficient (Wildman–Crippen LogP) is 2.96. The molecule has 1 fully saturated rings. The third kappa shape index (κ3) is 1.99. The van der Waals surface area contributed by atoms with Crippen LogP contribution >= 0.6 is 11.6 Å². The highest BCUT2D eigenvalue weighted by Gasteiger charge is 2.49. The summed E-state index contributed by atoms with van der Waals surface area (Å²) in [6.07, 6.45) is 1.74. The Bertz CT molecular complexity index is 489. The molecule has 1 atom stereocenters. The highest BCUT2D eigenvalue weighted by molar-refractivity contribution is 6.32. The molecule has 0 radical (unpaired) electrons. The van der Waals surface area contributed by atoms with Crippen LogP contribution in [0.1, 0.15) is 30.0 Å². The number of rotatable bonds is 3. The summed E-state index contributed by atoms with van der Waals surface area (Å²) < 4.78 is 5.15. The minimum atomic E-state index is -0.386. The van der Waals surface area contributed by atoms with Crippen molar-refractivity contribution in [2.24, 2.45) is 11.1 Å². The van der Waals surface area contributed by atoms with E-state index in [-0.39, 0.29) is 11.5 Å². The zero-order valence-electron chi connectivity index (χ0n) is 9.96. The van der Waals surface area contributed by atoms with Gasteiger partial charge in [0.1, 0.15) is 5.75 Å². The van der Waals surface area contributed by atoms with Gasteiger partial charge in [-0.15, -0.1) is 0 Å². The van der Waals surface area contributed by atoms with Gasteiger partial charge in [0.25, 0.3) is 0 Å². The Kier molecular flexibility index (Phi) is 3.03. The molecule has 0 aromatic heterocycles. The van der Waals surface area contributed by atoms with Gasteiger partial charge in [-0.25, -0.2) is 0 Å². The Labute approximate surface area is 106 Å². The number of aryl methyl sites for hydroxylation is 1. The summed E-state index contributed by atoms with van der Waals surface area (Å²) in [4.78, 5) is 0. The van der Waals surface area contributed by atoms with E-state index < -0.39 is 0 Å². The molecule has 2 N–H and O–H groups in total. The molecule has 0 aliphatic heterocycles. The van der Waals surface area contributed by atoms with Crippen LogP contribution in [0.2, 0.25) is 5.02 Å². The number of ether oxygens (including phenoxy) is 1. The van der Waals surface area contributed by atoms with Gasteiger partial charge < -0.3 is 10.5 Å². The van der Waals surface area contributed by atoms with Crippen LogP contribution in [0.5, 0.6) is 5.75 Å². The molecular formula is C13H15ClN2O. The molecule has 0 heterocycles. The Morgan fingerprint density at radius 1 is 1.53 bits per heavy atom. The first kappa shape index (κ1) is 12.2. The molecule has 4 heteroatoms. The lowest BCUT2D eigenvalue weighted by Gasteiger charge is -2.20. The quantitative estimate of drug-likeness (QED) is 0.897. The van der Waals surface area contributed by atoms with Crippen LogP contribution in [0.15, 0.2) is 12.1 Å². The number of nitrogens with zero attached hydrogens (tertiary/aromatic N) is 1. The molecule has 1 saturated carbocycles. The van der Waals surface area contributed by atoms with Crippen LogP contribution in [0.3, 0.4) is 0 Å². The van der Waals surface area contributed by atoms with E-state index in [4.69, 9.17) is 27.3 Å². The third-order valence-corrected chi connectivity index (χ3v) is 3.78. The van der Waals surface area contributed by atoms with Crippen molar-refractivity contribution in [1.82, 2.24) is 0 Å². The smallest absolute Gasteiger partial charge is 0.137 e. The normalized spacial score (nSPS) is 18.3. The maximum Gasteiger partial charge on any atom is 0.137 e. The molecular weight excluding hydrogens is 236 g/mol. The number of methoxy groups -OCH3 is 1. The van der Waals surface area contributed by atoms with Crippen LogP contribution < -0.4 is 10.5 Å². The Hall–Kier alpha value is -1.24. The van der Waals surface area contributed by atoms with Crippen molar-refractivity contribution in [1.29, 1.82) is 5.26 Å². The first-order chi connectivity index (χ1) is 8.04. The molecule has 1 aromatic carbocycles. The van der Waals surface area contributed by atoms with Crippen molar-refractivity contribution in [3.05, 3.63) is 28.3 Å². The average Bonchev–Trinajstić information content (AvgIpc) is 3.11. The van der Waals surface area contributed by atoms with Crippen molar-refractivity contribution in [2.75, 3.05) is 7.11 Å². The zero-order chi connectivity index (χ0) is 12.6. The summed E-state index contributed by atoms with van der Waals surface area (Å²) in [7, 11) is 1.58. The molecule has 17 heavy (non-hydrogen) atoms. The van der Waals surface area contributed by atoms with Gasteiger partial charge in [0.05, 0.1) is 23.6 Å². The SMILES string of the molecule is COc1cc(C)c(C(N)C2(C#N)CC2)cc1Cl. The number of benzene rings is 1. The summed E-state index contributed by atoms with van der Waals surface area (Å²) in [5, 5.41) is 9.70. The number of nitriles is 1. The van der Waals surface area contributed by atoms with Crippen LogP contribution in [-0.4, -0.2) is 7.11 Å². The van der Waals surface area contributed by atoms with Gasteiger partial charge in [-0.1, -0.05) is 11.6 Å². The number of hydrogen-bond acceptors (Lipinski definition) is 3. The molecule has 0 saturated heterocycles. The average molecular weight is 251 g/mol. The monoisotopic (exact) mass is 250 g/mol. The molecule has 1 aliphatic carbocycles. The zero-order valence-corrected chi connectivity index (χ0v) is 10.7. The standard InChI is InChI=1S/C13H15ClN2O/c1-8-5-11(17-2)10(14)6-9(8)12(16)13(7-15)3-4-13/h5-6,12H,3-4,16H2,1-2H3. The highest BCUT2D eigenvalue weighted by atomic mass is 35.5. The summed E-state index contributed by atoms with van der Waals surface area (Å²) in [6, 6.07) is 5.74. The van der Waals surface area contributed by atoms with E-state index in [0.29, 0.717) is 10.8 Å². The summed E-state index contributed by atoms with van der Waals surface area (Å²) in [5.41, 5.74) is 7.75. The van der Waals surface area contributed by atoms with E-state index in [9.17, 15) is 0 Å². The van der Waals surface area contributed by atoms with Crippen molar-refractivity contribution in [3.63, 3.8) is 0 Å². The third-order valence-electron chi connectivity index (χ3n) is 3.48. The van der Waals surface area contributed by atoms with Crippen LogP contribution in [0, 0.1) is 23.7 Å². The molecule has 0 amide bonds. The van der Waals surface area contributed by atoms with E-state index in [2.05, 4.69) is 6.07 Å². The van der Waals surface area contributed by atoms with E-state index in [0.717, 1.165) is 24.0 Å². The topological polar surface area (TPSA) is 59.0 Å². The second kappa shape index (κ2) is 4.21. The minimum absolute atomic E-state index is 0.268. The van der Waals surface area contributed by atoms with Crippen molar-refractivity contribution < 1.29 is 4.74 Å². The molecule has 0 bridgehead atoms. The number of halogens is 1. The molecule has 1 aromatic rings. The van der Waals surface area contributed by atoms with Crippen molar-refractivity contribution in [2.45, 2.75) is 25.8 Å². The Morgan fingerprint density at radius 3 is 2.65 bits per heavy atom. The van der Waals surface area contributed by atoms with Gasteiger partial charge in [0, 0.05) is 6.04 Å². The van der Waals surface area contributed by atoms with E-state index >= 15 is 0 Å². The molecule has 1 aliphatic rings. The lowest BCUT2D eigenvalue weighted by molar-refractivity contribution is 0.414. The fraction of sp³-hybridized carbons (Fsp3) is 0.462. The highest BCUT2D eigenvalue weighted by Crippen LogP contribution is 2.54. The Balaban J connectivity index is 2.40. The van der Waals surface area contributed by atoms with Gasteiger partial charge in [-0.05, 0) is 43.0 Å². The summed E-state index contributed by atoms with van der Waals surface area (Å²) in [5.74, 6) is 0.641. The van der Waals surface area contributed by atoms with Gasteiger partial charge in [-0.3, -0.25) is 0 Å². The first-order valence-corrected chi connectivity index (χ1v) is 5.93. The van der Waals surface area contributed by atoms with Crippen LogP contribution in [-0.2, 0) is 0 Å². The van der Waals surface area contributed by atoms with Gasteiger partial charge in [0.15, 0.2) is 0 Å². The van der Waals surface area contributed by atoms with Gasteiger partial charge >= 0.3 is 0 Å².